The van der Waals surface area contributed by atoms with E-state index < -0.39 is 0 Å². The van der Waals surface area contributed by atoms with E-state index in [0.717, 1.165) is 0 Å². The molecule has 0 aliphatic carbocycles. The van der Waals surface area contributed by atoms with Crippen molar-refractivity contribution in [3.63, 3.8) is 0 Å². The number of hydrogen-bond donors (Lipinski definition) is 3. The van der Waals surface area contributed by atoms with Crippen LogP contribution >= 0.6 is 0 Å². The van der Waals surface area contributed by atoms with Gasteiger partial charge >= 0.3 is 0 Å². The molecule has 0 bridgehead atoms. The number of nitrogens with one attached hydrogen (secondary N) is 2. The van der Waals surface area contributed by atoms with Crippen LogP contribution in [0.2, 0.25) is 0 Å². The fourth-order valence-corrected chi connectivity index (χ4v) is 1.55. The lowest BCUT2D eigenvalue weighted by molar-refractivity contribution is 0.102. The zero-order valence-electron chi connectivity index (χ0n) is 11.0. The van der Waals surface area contributed by atoms with Gasteiger partial charge in [-0.2, -0.15) is 5.10 Å². The average Bonchev–Trinajstić information content (AvgIpc) is 2.92. The Labute approximate surface area is 115 Å². The monoisotopic (exact) mass is 276 g/mol. The van der Waals surface area contributed by atoms with E-state index in [9.17, 15) is 4.79 Å². The van der Waals surface area contributed by atoms with Crippen molar-refractivity contribution >= 4 is 17.4 Å². The maximum atomic E-state index is 12.0. The van der Waals surface area contributed by atoms with Crippen LogP contribution in [0.15, 0.2) is 30.7 Å². The molecule has 4 N–H and O–H groups in total. The summed E-state index contributed by atoms with van der Waals surface area (Å²) in [5.74, 6) is 5.45. The molecule has 0 atom stereocenters. The first-order valence-corrected chi connectivity index (χ1v) is 5.98. The average molecular weight is 276 g/mol. The van der Waals surface area contributed by atoms with Crippen molar-refractivity contribution in [3.8, 4) is 0 Å². The second kappa shape index (κ2) is 6.64. The molecule has 2 aromatic heterocycles. The summed E-state index contributed by atoms with van der Waals surface area (Å²) in [5.41, 5.74) is 3.45. The van der Waals surface area contributed by atoms with Crippen molar-refractivity contribution in [2.24, 2.45) is 5.84 Å². The number of pyridine rings is 1. The molecule has 0 spiro atoms. The lowest BCUT2D eigenvalue weighted by Crippen LogP contribution is -2.13. The Hall–Kier alpha value is -2.45. The van der Waals surface area contributed by atoms with Crippen molar-refractivity contribution in [2.45, 2.75) is 6.54 Å². The maximum Gasteiger partial charge on any atom is 0.257 e. The second-order valence-corrected chi connectivity index (χ2v) is 4.02. The van der Waals surface area contributed by atoms with Crippen molar-refractivity contribution in [1.82, 2.24) is 14.8 Å². The fraction of sp³-hybridized carbons (Fsp3) is 0.250. The molecule has 106 valence electrons. The van der Waals surface area contributed by atoms with Gasteiger partial charge in [0, 0.05) is 19.5 Å². The molecule has 20 heavy (non-hydrogen) atoms. The van der Waals surface area contributed by atoms with Crippen molar-refractivity contribution in [1.29, 1.82) is 0 Å². The number of methoxy groups -OCH3 is 1. The molecule has 2 heterocycles. The first-order chi connectivity index (χ1) is 9.72. The van der Waals surface area contributed by atoms with Crippen LogP contribution in [-0.2, 0) is 11.3 Å². The Morgan fingerprint density at radius 2 is 2.30 bits per heavy atom. The Kier molecular flexibility index (Phi) is 4.64. The third kappa shape index (κ3) is 3.53. The summed E-state index contributed by atoms with van der Waals surface area (Å²) in [7, 11) is 1.62. The number of aromatic nitrogens is 3. The zero-order valence-corrected chi connectivity index (χ0v) is 11.0. The highest BCUT2D eigenvalue weighted by Gasteiger charge is 2.08. The highest BCUT2D eigenvalue weighted by molar-refractivity contribution is 6.04. The van der Waals surface area contributed by atoms with Crippen LogP contribution in [0, 0.1) is 0 Å². The Morgan fingerprint density at radius 3 is 2.95 bits per heavy atom. The number of amides is 1. The number of rotatable bonds is 6. The van der Waals surface area contributed by atoms with Crippen LogP contribution in [0.1, 0.15) is 10.4 Å². The SMILES string of the molecule is COCCn1cc(NC(=O)c2ccc(NN)nc2)cn1. The number of carbonyl (C=O) groups is 1. The molecule has 0 fully saturated rings. The summed E-state index contributed by atoms with van der Waals surface area (Å²) in [6, 6.07) is 3.25. The van der Waals surface area contributed by atoms with Gasteiger partial charge in [0.2, 0.25) is 0 Å². The number of ether oxygens (including phenoxy) is 1. The molecule has 2 rings (SSSR count). The summed E-state index contributed by atoms with van der Waals surface area (Å²) >= 11 is 0. The molecule has 2 aromatic rings. The number of hydrazine groups is 1. The standard InChI is InChI=1S/C12H16N6O2/c1-20-5-4-18-8-10(7-15-18)16-12(19)9-2-3-11(17-13)14-6-9/h2-3,6-8H,4-5,13H2,1H3,(H,14,17)(H,16,19). The molecular weight excluding hydrogens is 260 g/mol. The van der Waals surface area contributed by atoms with Gasteiger partial charge in [0.15, 0.2) is 0 Å². The van der Waals surface area contributed by atoms with E-state index >= 15 is 0 Å². The van der Waals surface area contributed by atoms with E-state index in [1.807, 2.05) is 0 Å². The van der Waals surface area contributed by atoms with E-state index in [-0.39, 0.29) is 5.91 Å². The van der Waals surface area contributed by atoms with Gasteiger partial charge in [-0.05, 0) is 12.1 Å². The van der Waals surface area contributed by atoms with Gasteiger partial charge in [-0.3, -0.25) is 9.48 Å². The quantitative estimate of drug-likeness (QED) is 0.522. The molecule has 0 unspecified atom stereocenters. The van der Waals surface area contributed by atoms with Gasteiger partial charge in [-0.25, -0.2) is 10.8 Å². The van der Waals surface area contributed by atoms with Crippen LogP contribution in [-0.4, -0.2) is 34.4 Å². The number of nitrogens with zero attached hydrogens (tertiary/aromatic N) is 3. The van der Waals surface area contributed by atoms with E-state index in [1.54, 1.807) is 36.3 Å². The Bertz CT molecular complexity index is 566. The molecule has 0 aromatic carbocycles. The Morgan fingerprint density at radius 1 is 1.45 bits per heavy atom. The van der Waals surface area contributed by atoms with Gasteiger partial charge in [-0.1, -0.05) is 0 Å². The molecule has 8 heteroatoms. The van der Waals surface area contributed by atoms with Crippen LogP contribution in [0.25, 0.3) is 0 Å². The number of nitrogens with two attached hydrogens (primary N) is 1. The van der Waals surface area contributed by atoms with Gasteiger partial charge in [-0.15, -0.1) is 0 Å². The summed E-state index contributed by atoms with van der Waals surface area (Å²) in [4.78, 5) is 15.9. The number of hydrogen-bond acceptors (Lipinski definition) is 6. The lowest BCUT2D eigenvalue weighted by atomic mass is 10.2. The van der Waals surface area contributed by atoms with Crippen molar-refractivity contribution in [2.75, 3.05) is 24.5 Å². The molecule has 1 amide bonds. The first-order valence-electron chi connectivity index (χ1n) is 5.98. The summed E-state index contributed by atoms with van der Waals surface area (Å²) in [6.45, 7) is 1.19. The molecule has 0 saturated heterocycles. The third-order valence-electron chi connectivity index (χ3n) is 2.59. The molecule has 0 aliphatic rings. The zero-order chi connectivity index (χ0) is 14.4. The highest BCUT2D eigenvalue weighted by Crippen LogP contribution is 2.09. The topological polar surface area (TPSA) is 107 Å². The number of anilines is 2. The molecule has 8 nitrogen and oxygen atoms in total. The van der Waals surface area contributed by atoms with E-state index in [0.29, 0.717) is 30.2 Å². The molecule has 0 radical (unpaired) electrons. The minimum absolute atomic E-state index is 0.257. The summed E-state index contributed by atoms with van der Waals surface area (Å²) in [5, 5.41) is 6.85. The van der Waals surface area contributed by atoms with E-state index in [2.05, 4.69) is 20.8 Å². The minimum atomic E-state index is -0.257. The first kappa shape index (κ1) is 14.0. The van der Waals surface area contributed by atoms with Crippen LogP contribution in [0.3, 0.4) is 0 Å². The van der Waals surface area contributed by atoms with Gasteiger partial charge in [0.1, 0.15) is 5.82 Å². The number of nitrogen functional groups attached to an aromatic ring is 1. The Balaban J connectivity index is 1.97. The smallest absolute Gasteiger partial charge is 0.257 e. The predicted octanol–water partition coefficient (Wildman–Crippen LogP) is 0.462. The van der Waals surface area contributed by atoms with E-state index in [4.69, 9.17) is 10.6 Å². The summed E-state index contributed by atoms with van der Waals surface area (Å²) in [6.07, 6.45) is 4.76. The van der Waals surface area contributed by atoms with Crippen LogP contribution in [0.5, 0.6) is 0 Å². The number of carbonyl (C=O) groups excluding carboxylic acids is 1. The van der Waals surface area contributed by atoms with Crippen molar-refractivity contribution in [3.05, 3.63) is 36.3 Å². The highest BCUT2D eigenvalue weighted by atomic mass is 16.5. The van der Waals surface area contributed by atoms with Gasteiger partial charge < -0.3 is 15.5 Å². The van der Waals surface area contributed by atoms with E-state index in [1.165, 1.54) is 6.20 Å². The molecule has 0 aliphatic heterocycles. The largest absolute Gasteiger partial charge is 0.383 e. The maximum absolute atomic E-state index is 12.0. The fourth-order valence-electron chi connectivity index (χ4n) is 1.55. The van der Waals surface area contributed by atoms with Crippen LogP contribution < -0.4 is 16.6 Å². The second-order valence-electron chi connectivity index (χ2n) is 4.02. The lowest BCUT2D eigenvalue weighted by Gasteiger charge is -2.03. The predicted molar refractivity (Wildman–Crippen MR) is 74.1 cm³/mol. The minimum Gasteiger partial charge on any atom is -0.383 e. The van der Waals surface area contributed by atoms with Crippen LogP contribution in [0.4, 0.5) is 11.5 Å². The molecule has 0 saturated carbocycles. The summed E-state index contributed by atoms with van der Waals surface area (Å²) < 4.78 is 6.65. The van der Waals surface area contributed by atoms with Gasteiger partial charge in [0.05, 0.1) is 30.6 Å². The normalized spacial score (nSPS) is 10.3. The molecular formula is C12H16N6O2. The van der Waals surface area contributed by atoms with Gasteiger partial charge in [0.25, 0.3) is 5.91 Å². The third-order valence-corrected chi connectivity index (χ3v) is 2.59. The van der Waals surface area contributed by atoms with Crippen molar-refractivity contribution < 1.29 is 9.53 Å².